The first kappa shape index (κ1) is 8.32. The number of hydrogen-bond donors (Lipinski definition) is 0. The summed E-state index contributed by atoms with van der Waals surface area (Å²) in [6.07, 6.45) is 5.25. The van der Waals surface area contributed by atoms with Gasteiger partial charge in [-0.1, -0.05) is 0 Å². The first-order chi connectivity index (χ1) is 4.31. The Morgan fingerprint density at radius 2 is 2.33 bits per heavy atom. The molecule has 48 valence electrons. The molecule has 0 spiro atoms. The highest BCUT2D eigenvalue weighted by Gasteiger charge is 1.76. The third-order valence-corrected chi connectivity index (χ3v) is 1.33. The van der Waals surface area contributed by atoms with Crippen LogP contribution in [0.1, 0.15) is 6.92 Å². The summed E-state index contributed by atoms with van der Waals surface area (Å²) in [5.74, 6) is 0. The second-order valence-electron chi connectivity index (χ2n) is 1.56. The van der Waals surface area contributed by atoms with Crippen LogP contribution >= 0.6 is 11.8 Å². The van der Waals surface area contributed by atoms with Gasteiger partial charge in [-0.05, 0) is 30.2 Å². The van der Waals surface area contributed by atoms with E-state index in [1.165, 1.54) is 6.08 Å². The fraction of sp³-hybridized carbons (Fsp3) is 0.286. The molecule has 0 aliphatic carbocycles. The van der Waals surface area contributed by atoms with E-state index in [0.717, 1.165) is 5.57 Å². The number of nitrogens with zero attached hydrogens (tertiary/aromatic N) is 1. The lowest BCUT2D eigenvalue weighted by atomic mass is 10.3. The quantitative estimate of drug-likeness (QED) is 0.433. The predicted octanol–water partition coefficient (Wildman–Crippen LogP) is 2.33. The molecule has 0 aromatic carbocycles. The standard InChI is InChI=1S/C7H9NS/c1-7(6-9-2)4-3-5-8/h3-4,6H,1-2H3/b4-3+,7-6-. The van der Waals surface area contributed by atoms with Crippen molar-refractivity contribution in [3.8, 4) is 6.07 Å². The van der Waals surface area contributed by atoms with Crippen LogP contribution in [0.25, 0.3) is 0 Å². The highest BCUT2D eigenvalue weighted by molar-refractivity contribution is 8.01. The average molecular weight is 139 g/mol. The average Bonchev–Trinajstić information content (AvgIpc) is 1.85. The van der Waals surface area contributed by atoms with E-state index in [0.29, 0.717) is 0 Å². The monoisotopic (exact) mass is 139 g/mol. The van der Waals surface area contributed by atoms with Crippen molar-refractivity contribution in [2.24, 2.45) is 0 Å². The minimum absolute atomic E-state index is 1.11. The number of thioether (sulfide) groups is 1. The minimum atomic E-state index is 1.11. The van der Waals surface area contributed by atoms with Gasteiger partial charge in [-0.15, -0.1) is 11.8 Å². The molecule has 0 saturated carbocycles. The number of allylic oxidation sites excluding steroid dienone is 3. The Bertz CT molecular complexity index is 162. The first-order valence-corrected chi connectivity index (χ1v) is 3.85. The maximum atomic E-state index is 8.11. The number of nitriles is 1. The Morgan fingerprint density at radius 1 is 1.67 bits per heavy atom. The molecule has 0 aromatic heterocycles. The third kappa shape index (κ3) is 5.19. The van der Waals surface area contributed by atoms with Gasteiger partial charge in [-0.3, -0.25) is 0 Å². The molecule has 1 nitrogen and oxygen atoms in total. The van der Waals surface area contributed by atoms with E-state index in [4.69, 9.17) is 5.26 Å². The molecule has 2 heteroatoms. The molecule has 0 radical (unpaired) electrons. The van der Waals surface area contributed by atoms with Gasteiger partial charge in [0.25, 0.3) is 0 Å². The van der Waals surface area contributed by atoms with E-state index in [1.54, 1.807) is 17.8 Å². The van der Waals surface area contributed by atoms with Crippen LogP contribution in [0.3, 0.4) is 0 Å². The van der Waals surface area contributed by atoms with Crippen LogP contribution in [0.4, 0.5) is 0 Å². The third-order valence-electron chi connectivity index (χ3n) is 0.725. The van der Waals surface area contributed by atoms with Crippen LogP contribution in [0, 0.1) is 11.3 Å². The minimum Gasteiger partial charge on any atom is -0.193 e. The second-order valence-corrected chi connectivity index (χ2v) is 2.27. The van der Waals surface area contributed by atoms with Crippen molar-refractivity contribution < 1.29 is 0 Å². The normalized spacial score (nSPS) is 11.9. The van der Waals surface area contributed by atoms with E-state index >= 15 is 0 Å². The lowest BCUT2D eigenvalue weighted by molar-refractivity contribution is 1.51. The van der Waals surface area contributed by atoms with Gasteiger partial charge in [0.1, 0.15) is 0 Å². The molecule has 9 heavy (non-hydrogen) atoms. The van der Waals surface area contributed by atoms with Crippen molar-refractivity contribution in [1.82, 2.24) is 0 Å². The molecule has 0 fully saturated rings. The van der Waals surface area contributed by atoms with Crippen LogP contribution in [0.5, 0.6) is 0 Å². The molecule has 0 unspecified atom stereocenters. The van der Waals surface area contributed by atoms with Gasteiger partial charge in [0.05, 0.1) is 6.07 Å². The summed E-state index contributed by atoms with van der Waals surface area (Å²) >= 11 is 1.64. The summed E-state index contributed by atoms with van der Waals surface area (Å²) in [6, 6.07) is 1.93. The van der Waals surface area contributed by atoms with Gasteiger partial charge in [0.2, 0.25) is 0 Å². The van der Waals surface area contributed by atoms with E-state index in [-0.39, 0.29) is 0 Å². The molecular weight excluding hydrogens is 130 g/mol. The molecule has 0 rings (SSSR count). The Kier molecular flexibility index (Phi) is 5.04. The van der Waals surface area contributed by atoms with E-state index in [9.17, 15) is 0 Å². The molecule has 0 N–H and O–H groups in total. The molecule has 0 aliphatic heterocycles. The Morgan fingerprint density at radius 3 is 2.78 bits per heavy atom. The van der Waals surface area contributed by atoms with Crippen LogP contribution in [0.15, 0.2) is 23.1 Å². The molecule has 0 aromatic rings. The van der Waals surface area contributed by atoms with Gasteiger partial charge >= 0.3 is 0 Å². The second kappa shape index (κ2) is 5.46. The van der Waals surface area contributed by atoms with Crippen molar-refractivity contribution in [2.45, 2.75) is 6.92 Å². The smallest absolute Gasteiger partial charge is 0.0912 e. The van der Waals surface area contributed by atoms with Gasteiger partial charge in [0.15, 0.2) is 0 Å². The van der Waals surface area contributed by atoms with Gasteiger partial charge in [0, 0.05) is 6.08 Å². The van der Waals surface area contributed by atoms with E-state index < -0.39 is 0 Å². The van der Waals surface area contributed by atoms with Crippen molar-refractivity contribution in [3.05, 3.63) is 23.1 Å². The van der Waals surface area contributed by atoms with Crippen LogP contribution in [-0.2, 0) is 0 Å². The lowest BCUT2D eigenvalue weighted by Crippen LogP contribution is -1.62. The van der Waals surface area contributed by atoms with Crippen LogP contribution in [0.2, 0.25) is 0 Å². The van der Waals surface area contributed by atoms with Gasteiger partial charge in [-0.25, -0.2) is 0 Å². The van der Waals surface area contributed by atoms with Crippen molar-refractivity contribution in [1.29, 1.82) is 5.26 Å². The largest absolute Gasteiger partial charge is 0.193 e. The Balaban J connectivity index is 3.78. The Labute approximate surface area is 60.1 Å². The molecule has 0 atom stereocenters. The van der Waals surface area contributed by atoms with Crippen LogP contribution < -0.4 is 0 Å². The number of rotatable bonds is 2. The fourth-order valence-corrected chi connectivity index (χ4v) is 0.844. The lowest BCUT2D eigenvalue weighted by Gasteiger charge is -1.84. The summed E-state index contributed by atoms with van der Waals surface area (Å²) in [7, 11) is 0. The van der Waals surface area contributed by atoms with E-state index in [2.05, 4.69) is 0 Å². The molecule has 0 amide bonds. The molecule has 0 heterocycles. The molecule has 0 aliphatic rings. The van der Waals surface area contributed by atoms with Crippen LogP contribution in [-0.4, -0.2) is 6.26 Å². The first-order valence-electron chi connectivity index (χ1n) is 2.57. The predicted molar refractivity (Wildman–Crippen MR) is 42.0 cm³/mol. The fourth-order valence-electron chi connectivity index (χ4n) is 0.394. The van der Waals surface area contributed by atoms with Crippen molar-refractivity contribution in [3.63, 3.8) is 0 Å². The molecular formula is C7H9NS. The topological polar surface area (TPSA) is 23.8 Å². The zero-order chi connectivity index (χ0) is 7.11. The summed E-state index contributed by atoms with van der Waals surface area (Å²) in [5, 5.41) is 10.1. The molecule has 0 bridgehead atoms. The zero-order valence-electron chi connectivity index (χ0n) is 5.59. The number of hydrogen-bond acceptors (Lipinski definition) is 2. The van der Waals surface area contributed by atoms with Gasteiger partial charge < -0.3 is 0 Å². The zero-order valence-corrected chi connectivity index (χ0v) is 6.40. The SMILES string of the molecule is CS/C=C(C)\C=C\C#N. The summed E-state index contributed by atoms with van der Waals surface area (Å²) in [4.78, 5) is 0. The van der Waals surface area contributed by atoms with Gasteiger partial charge in [-0.2, -0.15) is 5.26 Å². The summed E-state index contributed by atoms with van der Waals surface area (Å²) in [5.41, 5.74) is 1.11. The highest BCUT2D eigenvalue weighted by atomic mass is 32.2. The van der Waals surface area contributed by atoms with E-state index in [1.807, 2.05) is 24.7 Å². The summed E-state index contributed by atoms with van der Waals surface area (Å²) < 4.78 is 0. The maximum Gasteiger partial charge on any atom is 0.0912 e. The highest BCUT2D eigenvalue weighted by Crippen LogP contribution is 2.02. The van der Waals surface area contributed by atoms with Crippen molar-refractivity contribution in [2.75, 3.05) is 6.26 Å². The van der Waals surface area contributed by atoms with Crippen molar-refractivity contribution >= 4 is 11.8 Å². The maximum absolute atomic E-state index is 8.11. The molecule has 0 saturated heterocycles. The Hall–Kier alpha value is -0.680. The summed E-state index contributed by atoms with van der Waals surface area (Å²) in [6.45, 7) is 1.96.